The van der Waals surface area contributed by atoms with Gasteiger partial charge in [0.1, 0.15) is 0 Å². The van der Waals surface area contributed by atoms with E-state index in [0.29, 0.717) is 12.0 Å². The lowest BCUT2D eigenvalue weighted by Gasteiger charge is -2.37. The van der Waals surface area contributed by atoms with E-state index >= 15 is 0 Å². The molecule has 1 N–H and O–H groups in total. The van der Waals surface area contributed by atoms with E-state index in [-0.39, 0.29) is 0 Å². The van der Waals surface area contributed by atoms with Gasteiger partial charge in [-0.2, -0.15) is 0 Å². The number of anilines is 1. The molecular weight excluding hydrogens is 322 g/mol. The molecule has 1 aliphatic rings. The van der Waals surface area contributed by atoms with Crippen LogP contribution in [-0.4, -0.2) is 6.04 Å². The minimum atomic E-state index is 0.611. The molecule has 21 heavy (non-hydrogen) atoms. The van der Waals surface area contributed by atoms with Crippen molar-refractivity contribution in [2.45, 2.75) is 45.1 Å². The van der Waals surface area contributed by atoms with Gasteiger partial charge in [0.25, 0.3) is 0 Å². The van der Waals surface area contributed by atoms with Crippen LogP contribution < -0.4 is 5.32 Å². The Bertz CT molecular complexity index is 629. The minimum absolute atomic E-state index is 0.611. The maximum absolute atomic E-state index is 3.77. The van der Waals surface area contributed by atoms with E-state index in [1.165, 1.54) is 39.7 Å². The Morgan fingerprint density at radius 1 is 1.14 bits per heavy atom. The highest BCUT2D eigenvalue weighted by Crippen LogP contribution is 2.40. The average Bonchev–Trinajstić information content (AvgIpc) is 2.43. The normalized spacial score (nSPS) is 20.9. The lowest BCUT2D eigenvalue weighted by atomic mass is 9.75. The second-order valence-corrected chi connectivity index (χ2v) is 6.94. The molecule has 2 aromatic rings. The first-order valence-electron chi connectivity index (χ1n) is 7.78. The van der Waals surface area contributed by atoms with Crippen molar-refractivity contribution in [2.24, 2.45) is 0 Å². The number of halogens is 1. The molecule has 0 radical (unpaired) electrons. The van der Waals surface area contributed by atoms with Crippen molar-refractivity contribution in [3.63, 3.8) is 0 Å². The maximum Gasteiger partial charge on any atom is 0.0404 e. The van der Waals surface area contributed by atoms with Gasteiger partial charge in [-0.25, -0.2) is 0 Å². The molecule has 0 spiro atoms. The lowest BCUT2D eigenvalue weighted by Crippen LogP contribution is -2.34. The molecule has 0 bridgehead atoms. The second kappa shape index (κ2) is 6.23. The van der Waals surface area contributed by atoms with Crippen LogP contribution in [-0.2, 0) is 6.42 Å². The van der Waals surface area contributed by atoms with Gasteiger partial charge in [-0.05, 0) is 60.9 Å². The molecule has 0 heterocycles. The molecule has 2 heteroatoms. The fourth-order valence-corrected chi connectivity index (χ4v) is 3.62. The third-order valence-corrected chi connectivity index (χ3v) is 5.04. The van der Waals surface area contributed by atoms with Gasteiger partial charge < -0.3 is 5.32 Å². The third-order valence-electron chi connectivity index (χ3n) is 4.55. The summed E-state index contributed by atoms with van der Waals surface area (Å²) in [6.45, 7) is 4.43. The zero-order valence-corrected chi connectivity index (χ0v) is 14.3. The highest BCUT2D eigenvalue weighted by Gasteiger charge is 2.30. The number of rotatable bonds is 4. The molecule has 0 aliphatic heterocycles. The van der Waals surface area contributed by atoms with E-state index in [2.05, 4.69) is 77.6 Å². The van der Waals surface area contributed by atoms with Crippen LogP contribution in [0.1, 0.15) is 42.4 Å². The van der Waals surface area contributed by atoms with E-state index < -0.39 is 0 Å². The van der Waals surface area contributed by atoms with E-state index in [4.69, 9.17) is 0 Å². The van der Waals surface area contributed by atoms with Crippen LogP contribution in [0.25, 0.3) is 0 Å². The molecule has 1 aliphatic carbocycles. The summed E-state index contributed by atoms with van der Waals surface area (Å²) in [5.41, 5.74) is 5.61. The summed E-state index contributed by atoms with van der Waals surface area (Å²) in [4.78, 5) is 0. The van der Waals surface area contributed by atoms with E-state index in [1.54, 1.807) is 0 Å². The van der Waals surface area contributed by atoms with Crippen LogP contribution in [0.5, 0.6) is 0 Å². The van der Waals surface area contributed by atoms with Crippen LogP contribution in [0.2, 0.25) is 0 Å². The van der Waals surface area contributed by atoms with Gasteiger partial charge in [-0.3, -0.25) is 0 Å². The molecule has 1 saturated carbocycles. The highest BCUT2D eigenvalue weighted by molar-refractivity contribution is 9.10. The van der Waals surface area contributed by atoms with Crippen molar-refractivity contribution >= 4 is 21.6 Å². The molecule has 0 atom stereocenters. The second-order valence-electron chi connectivity index (χ2n) is 6.03. The molecular formula is C19H22BrN. The molecule has 0 aromatic heterocycles. The summed E-state index contributed by atoms with van der Waals surface area (Å²) in [5.74, 6) is 0.703. The van der Waals surface area contributed by atoms with Crippen LogP contribution in [0.4, 0.5) is 5.69 Å². The molecule has 0 unspecified atom stereocenters. The van der Waals surface area contributed by atoms with Gasteiger partial charge in [-0.1, -0.05) is 53.2 Å². The summed E-state index contributed by atoms with van der Waals surface area (Å²) in [5, 5.41) is 3.77. The van der Waals surface area contributed by atoms with Crippen molar-refractivity contribution < 1.29 is 0 Å². The summed E-state index contributed by atoms with van der Waals surface area (Å²) in [7, 11) is 0. The first kappa shape index (κ1) is 14.6. The van der Waals surface area contributed by atoms with Crippen LogP contribution in [0.3, 0.4) is 0 Å². The molecule has 2 aromatic carbocycles. The Morgan fingerprint density at radius 2 is 1.90 bits per heavy atom. The van der Waals surface area contributed by atoms with Gasteiger partial charge in [0, 0.05) is 16.2 Å². The van der Waals surface area contributed by atoms with E-state index in [0.717, 1.165) is 6.42 Å². The van der Waals surface area contributed by atoms with Gasteiger partial charge in [0.05, 0.1) is 0 Å². The van der Waals surface area contributed by atoms with Crippen molar-refractivity contribution in [3.8, 4) is 0 Å². The van der Waals surface area contributed by atoms with Crippen LogP contribution >= 0.6 is 15.9 Å². The van der Waals surface area contributed by atoms with E-state index in [9.17, 15) is 0 Å². The predicted molar refractivity (Wildman–Crippen MR) is 94.1 cm³/mol. The maximum atomic E-state index is 3.77. The molecule has 1 fully saturated rings. The monoisotopic (exact) mass is 343 g/mol. The summed E-state index contributed by atoms with van der Waals surface area (Å²) >= 11 is 3.57. The topological polar surface area (TPSA) is 12.0 Å². The predicted octanol–water partition coefficient (Wildman–Crippen LogP) is 5.68. The minimum Gasteiger partial charge on any atom is -0.382 e. The Kier molecular flexibility index (Phi) is 4.34. The number of hydrogen-bond acceptors (Lipinski definition) is 1. The molecule has 0 saturated heterocycles. The highest BCUT2D eigenvalue weighted by atomic mass is 79.9. The first-order chi connectivity index (χ1) is 10.2. The van der Waals surface area contributed by atoms with E-state index in [1.807, 2.05) is 0 Å². The zero-order valence-electron chi connectivity index (χ0n) is 12.7. The van der Waals surface area contributed by atoms with Crippen molar-refractivity contribution in [2.75, 3.05) is 5.32 Å². The average molecular weight is 344 g/mol. The zero-order chi connectivity index (χ0) is 14.8. The van der Waals surface area contributed by atoms with Crippen LogP contribution in [0, 0.1) is 6.92 Å². The van der Waals surface area contributed by atoms with Crippen molar-refractivity contribution in [1.82, 2.24) is 0 Å². The SMILES string of the molecule is CCc1cccc(C)c1NC1CC(c2cccc(Br)c2)C1. The molecule has 3 rings (SSSR count). The molecule has 0 amide bonds. The fraction of sp³-hybridized carbons (Fsp3) is 0.368. The third kappa shape index (κ3) is 3.16. The first-order valence-corrected chi connectivity index (χ1v) is 8.57. The fourth-order valence-electron chi connectivity index (χ4n) is 3.20. The Morgan fingerprint density at radius 3 is 2.62 bits per heavy atom. The number of benzene rings is 2. The largest absolute Gasteiger partial charge is 0.382 e. The lowest BCUT2D eigenvalue weighted by molar-refractivity contribution is 0.374. The van der Waals surface area contributed by atoms with Crippen molar-refractivity contribution in [3.05, 3.63) is 63.6 Å². The standard InChI is InChI=1S/C19H22BrN/c1-3-14-7-4-6-13(2)19(14)21-18-11-16(12-18)15-8-5-9-17(20)10-15/h4-10,16,18,21H,3,11-12H2,1-2H3. The smallest absolute Gasteiger partial charge is 0.0404 e. The van der Waals surface area contributed by atoms with Crippen LogP contribution in [0.15, 0.2) is 46.9 Å². The number of aryl methyl sites for hydroxylation is 2. The number of hydrogen-bond donors (Lipinski definition) is 1. The van der Waals surface area contributed by atoms with Gasteiger partial charge in [0.15, 0.2) is 0 Å². The van der Waals surface area contributed by atoms with Gasteiger partial charge in [-0.15, -0.1) is 0 Å². The Labute approximate surface area is 135 Å². The van der Waals surface area contributed by atoms with Gasteiger partial charge in [0.2, 0.25) is 0 Å². The number of nitrogens with one attached hydrogen (secondary N) is 1. The van der Waals surface area contributed by atoms with Crippen molar-refractivity contribution in [1.29, 1.82) is 0 Å². The number of para-hydroxylation sites is 1. The Hall–Kier alpha value is -1.28. The Balaban J connectivity index is 1.65. The summed E-state index contributed by atoms with van der Waals surface area (Å²) < 4.78 is 1.18. The summed E-state index contributed by atoms with van der Waals surface area (Å²) in [6.07, 6.45) is 3.55. The molecule has 1 nitrogen and oxygen atoms in total. The molecule has 110 valence electrons. The summed E-state index contributed by atoms with van der Waals surface area (Å²) in [6, 6.07) is 15.9. The quantitative estimate of drug-likeness (QED) is 0.753. The van der Waals surface area contributed by atoms with Gasteiger partial charge >= 0.3 is 0 Å².